The number of amides is 3. The number of hydrogen-bond acceptors (Lipinski definition) is 3. The fourth-order valence-corrected chi connectivity index (χ4v) is 0.437. The van der Waals surface area contributed by atoms with Gasteiger partial charge >= 0.3 is 6.03 Å². The number of carbonyl (C=O) groups excluding carboxylic acids is 2. The Balaban J connectivity index is 2.76. The third kappa shape index (κ3) is 1.11. The molecule has 5 nitrogen and oxygen atoms in total. The van der Waals surface area contributed by atoms with E-state index in [2.05, 4.69) is 4.99 Å². The van der Waals surface area contributed by atoms with E-state index in [4.69, 9.17) is 5.73 Å². The zero-order valence-corrected chi connectivity index (χ0v) is 4.50. The first kappa shape index (κ1) is 5.90. The summed E-state index contributed by atoms with van der Waals surface area (Å²) in [7, 11) is 0. The highest BCUT2D eigenvalue weighted by molar-refractivity contribution is 6.11. The number of urea groups is 1. The van der Waals surface area contributed by atoms with Gasteiger partial charge in [-0.3, -0.25) is 10.1 Å². The lowest BCUT2D eigenvalue weighted by Gasteiger charge is -2.08. The van der Waals surface area contributed by atoms with E-state index in [9.17, 15) is 9.59 Å². The van der Waals surface area contributed by atoms with Gasteiger partial charge in [-0.1, -0.05) is 0 Å². The lowest BCUT2D eigenvalue weighted by Crippen LogP contribution is -2.47. The number of aliphatic imine (C=N–C) groups is 1. The number of nitrogens with zero attached hydrogens (tertiary/aromatic N) is 1. The molecule has 0 aliphatic carbocycles. The number of imide groups is 1. The Morgan fingerprint density at radius 2 is 2.33 bits per heavy atom. The molecule has 3 amide bonds. The molecule has 0 bridgehead atoms. The summed E-state index contributed by atoms with van der Waals surface area (Å²) in [6.07, 6.45) is 1.11. The Hall–Kier alpha value is -1.23. The van der Waals surface area contributed by atoms with E-state index in [0.29, 0.717) is 0 Å². The summed E-state index contributed by atoms with van der Waals surface area (Å²) in [6.45, 7) is 0. The van der Waals surface area contributed by atoms with Crippen LogP contribution in [0.4, 0.5) is 4.79 Å². The van der Waals surface area contributed by atoms with E-state index < -0.39 is 18.0 Å². The molecule has 0 saturated heterocycles. The molecule has 3 N–H and O–H groups in total. The van der Waals surface area contributed by atoms with Crippen molar-refractivity contribution < 1.29 is 9.59 Å². The van der Waals surface area contributed by atoms with Crippen LogP contribution in [0.1, 0.15) is 0 Å². The molecule has 1 atom stereocenters. The van der Waals surface area contributed by atoms with Gasteiger partial charge in [-0.15, -0.1) is 0 Å². The Morgan fingerprint density at radius 3 is 2.78 bits per heavy atom. The van der Waals surface area contributed by atoms with Crippen LogP contribution >= 0.6 is 0 Å². The Bertz CT molecular complexity index is 186. The van der Waals surface area contributed by atoms with Crippen molar-refractivity contribution in [2.24, 2.45) is 10.7 Å². The number of hydrogen-bond donors (Lipinski definition) is 2. The molecule has 0 aromatic rings. The normalized spacial score (nSPS) is 26.1. The number of nitrogens with one attached hydrogen (secondary N) is 1. The summed E-state index contributed by atoms with van der Waals surface area (Å²) in [6, 6.07) is -1.43. The second kappa shape index (κ2) is 1.94. The largest absolute Gasteiger partial charge is 0.347 e. The third-order valence-corrected chi connectivity index (χ3v) is 0.885. The molecular weight excluding hydrogens is 122 g/mol. The van der Waals surface area contributed by atoms with Gasteiger partial charge in [0.2, 0.25) is 0 Å². The Morgan fingerprint density at radius 1 is 1.67 bits per heavy atom. The van der Waals surface area contributed by atoms with Crippen LogP contribution in [0.2, 0.25) is 0 Å². The predicted octanol–water partition coefficient (Wildman–Crippen LogP) is -1.37. The molecule has 0 aromatic heterocycles. The molecule has 1 rings (SSSR count). The summed E-state index contributed by atoms with van der Waals surface area (Å²) >= 11 is 0. The standard InChI is InChI=1S/C4H5N3O2/c5-2-1-6-4(9)7-3(2)8/h1-2H,5H2,(H,7,8,9)/t2-/m1/s1. The van der Waals surface area contributed by atoms with E-state index >= 15 is 0 Å². The molecule has 0 aromatic carbocycles. The fourth-order valence-electron chi connectivity index (χ4n) is 0.437. The van der Waals surface area contributed by atoms with Gasteiger partial charge in [0, 0.05) is 6.21 Å². The monoisotopic (exact) mass is 127 g/mol. The van der Waals surface area contributed by atoms with Gasteiger partial charge in [0.1, 0.15) is 6.04 Å². The van der Waals surface area contributed by atoms with E-state index in [0.717, 1.165) is 6.21 Å². The summed E-state index contributed by atoms with van der Waals surface area (Å²) in [5, 5.41) is 1.93. The molecule has 1 aliphatic rings. The second-order valence-electron chi connectivity index (χ2n) is 1.60. The van der Waals surface area contributed by atoms with Crippen LogP contribution in [-0.2, 0) is 4.79 Å². The van der Waals surface area contributed by atoms with Crippen molar-refractivity contribution in [3.05, 3.63) is 0 Å². The zero-order valence-electron chi connectivity index (χ0n) is 4.50. The molecule has 1 heterocycles. The first-order chi connectivity index (χ1) is 4.20. The summed E-state index contributed by atoms with van der Waals surface area (Å²) in [5.74, 6) is -0.505. The predicted molar refractivity (Wildman–Crippen MR) is 30.0 cm³/mol. The van der Waals surface area contributed by atoms with Crippen molar-refractivity contribution in [1.82, 2.24) is 5.32 Å². The van der Waals surface area contributed by atoms with E-state index in [-0.39, 0.29) is 0 Å². The second-order valence-corrected chi connectivity index (χ2v) is 1.60. The third-order valence-electron chi connectivity index (χ3n) is 0.885. The highest BCUT2D eigenvalue weighted by Crippen LogP contribution is 1.84. The molecule has 9 heavy (non-hydrogen) atoms. The number of carbonyl (C=O) groups is 2. The van der Waals surface area contributed by atoms with Crippen LogP contribution < -0.4 is 11.1 Å². The van der Waals surface area contributed by atoms with Crippen LogP contribution in [0, 0.1) is 0 Å². The minimum atomic E-state index is -0.775. The molecular formula is C4H5N3O2. The maximum absolute atomic E-state index is 10.5. The average Bonchev–Trinajstić information content (AvgIpc) is 1.80. The van der Waals surface area contributed by atoms with Gasteiger partial charge in [-0.25, -0.2) is 9.79 Å². The molecule has 0 radical (unpaired) electrons. The first-order valence-corrected chi connectivity index (χ1v) is 2.35. The maximum atomic E-state index is 10.5. The van der Waals surface area contributed by atoms with Crippen molar-refractivity contribution in [3.8, 4) is 0 Å². The SMILES string of the molecule is N[C@@H]1C=NC(=O)NC1=O. The van der Waals surface area contributed by atoms with Crippen LogP contribution in [0.5, 0.6) is 0 Å². The summed E-state index contributed by atoms with van der Waals surface area (Å²) in [5.41, 5.74) is 5.13. The molecule has 0 saturated carbocycles. The highest BCUT2D eigenvalue weighted by atomic mass is 16.2. The van der Waals surface area contributed by atoms with Crippen LogP contribution in [0.3, 0.4) is 0 Å². The molecule has 0 unspecified atom stereocenters. The van der Waals surface area contributed by atoms with Crippen molar-refractivity contribution in [3.63, 3.8) is 0 Å². The number of nitrogens with two attached hydrogens (primary N) is 1. The maximum Gasteiger partial charge on any atom is 0.347 e. The Kier molecular flexibility index (Phi) is 1.27. The molecule has 5 heteroatoms. The smallest absolute Gasteiger partial charge is 0.315 e. The van der Waals surface area contributed by atoms with Gasteiger partial charge in [0.05, 0.1) is 0 Å². The van der Waals surface area contributed by atoms with Crippen molar-refractivity contribution in [2.75, 3.05) is 0 Å². The molecule has 1 aliphatic heterocycles. The summed E-state index contributed by atoms with van der Waals surface area (Å²) in [4.78, 5) is 23.9. The van der Waals surface area contributed by atoms with Crippen LogP contribution in [0.15, 0.2) is 4.99 Å². The van der Waals surface area contributed by atoms with Gasteiger partial charge in [-0.2, -0.15) is 0 Å². The molecule has 0 fully saturated rings. The first-order valence-electron chi connectivity index (χ1n) is 2.35. The molecule has 0 spiro atoms. The van der Waals surface area contributed by atoms with E-state index in [1.165, 1.54) is 0 Å². The van der Waals surface area contributed by atoms with Gasteiger partial charge < -0.3 is 5.73 Å². The fraction of sp³-hybridized carbons (Fsp3) is 0.250. The zero-order chi connectivity index (χ0) is 6.85. The lowest BCUT2D eigenvalue weighted by molar-refractivity contribution is -0.119. The molecule has 48 valence electrons. The topological polar surface area (TPSA) is 84.5 Å². The lowest BCUT2D eigenvalue weighted by atomic mass is 10.3. The van der Waals surface area contributed by atoms with Crippen molar-refractivity contribution in [2.45, 2.75) is 6.04 Å². The highest BCUT2D eigenvalue weighted by Gasteiger charge is 2.17. The van der Waals surface area contributed by atoms with Crippen LogP contribution in [-0.4, -0.2) is 24.2 Å². The minimum Gasteiger partial charge on any atom is -0.315 e. The summed E-state index contributed by atoms with van der Waals surface area (Å²) < 4.78 is 0. The van der Waals surface area contributed by atoms with Crippen LogP contribution in [0.25, 0.3) is 0 Å². The number of rotatable bonds is 0. The Labute approximate surface area is 50.9 Å². The quantitative estimate of drug-likeness (QED) is 0.421. The minimum absolute atomic E-state index is 0.505. The van der Waals surface area contributed by atoms with Crippen molar-refractivity contribution in [1.29, 1.82) is 0 Å². The average molecular weight is 127 g/mol. The van der Waals surface area contributed by atoms with Gasteiger partial charge in [-0.05, 0) is 0 Å². The van der Waals surface area contributed by atoms with Crippen molar-refractivity contribution >= 4 is 18.2 Å². The van der Waals surface area contributed by atoms with E-state index in [1.54, 1.807) is 0 Å². The van der Waals surface area contributed by atoms with Gasteiger partial charge in [0.15, 0.2) is 0 Å². The van der Waals surface area contributed by atoms with Gasteiger partial charge in [0.25, 0.3) is 5.91 Å². The van der Waals surface area contributed by atoms with E-state index in [1.807, 2.05) is 5.32 Å².